The molecule has 0 aliphatic carbocycles. The summed E-state index contributed by atoms with van der Waals surface area (Å²) >= 11 is 0. The summed E-state index contributed by atoms with van der Waals surface area (Å²) in [6.45, 7) is 9.94. The Morgan fingerprint density at radius 2 is 2.04 bits per heavy atom. The molecule has 0 saturated carbocycles. The van der Waals surface area contributed by atoms with E-state index < -0.39 is 0 Å². The third kappa shape index (κ3) is 4.25. The van der Waals surface area contributed by atoms with Crippen molar-refractivity contribution in [3.8, 4) is 0 Å². The molecule has 2 amide bonds. The van der Waals surface area contributed by atoms with Gasteiger partial charge in [0.1, 0.15) is 0 Å². The maximum Gasteiger partial charge on any atom is 0.224 e. The number of hydrogen-bond acceptors (Lipinski definition) is 4. The number of carbonyl (C=O) groups excluding carboxylic acids is 2. The highest BCUT2D eigenvalue weighted by Crippen LogP contribution is 2.21. The minimum atomic E-state index is -0.354. The number of nitrogens with one attached hydrogen (secondary N) is 3. The molecule has 28 heavy (non-hydrogen) atoms. The Hall–Kier alpha value is -2.67. The fourth-order valence-corrected chi connectivity index (χ4v) is 3.64. The fraction of sp³-hybridized carbons (Fsp3) is 0.476. The first-order valence-corrected chi connectivity index (χ1v) is 9.72. The van der Waals surface area contributed by atoms with Crippen molar-refractivity contribution in [3.63, 3.8) is 0 Å². The van der Waals surface area contributed by atoms with E-state index in [0.717, 1.165) is 33.8 Å². The minimum absolute atomic E-state index is 0.0123. The van der Waals surface area contributed by atoms with Crippen molar-refractivity contribution in [1.82, 2.24) is 20.4 Å². The van der Waals surface area contributed by atoms with Gasteiger partial charge in [-0.3, -0.25) is 14.9 Å². The Morgan fingerprint density at radius 3 is 2.75 bits per heavy atom. The standard InChI is InChI=1S/C21H29N5O2/c1-12-7-6-8-18(14(12)3)23-19(27)10-9-17-15(4)25-26(16(17)5)21-22-13(2)11-20(28)24-21/h6-8,13,21-22H,9-11H2,1-5H3,(H,23,27)(H,24,28). The predicted molar refractivity (Wildman–Crippen MR) is 109 cm³/mol. The van der Waals surface area contributed by atoms with Crippen LogP contribution in [0, 0.1) is 27.7 Å². The number of aromatic nitrogens is 2. The largest absolute Gasteiger partial charge is 0.326 e. The lowest BCUT2D eigenvalue weighted by atomic mass is 10.1. The molecule has 0 radical (unpaired) electrons. The third-order valence-electron chi connectivity index (χ3n) is 5.43. The van der Waals surface area contributed by atoms with E-state index in [4.69, 9.17) is 0 Å². The summed E-state index contributed by atoms with van der Waals surface area (Å²) in [6.07, 6.45) is 1.08. The first-order valence-electron chi connectivity index (χ1n) is 9.72. The van der Waals surface area contributed by atoms with Crippen LogP contribution in [0.4, 0.5) is 5.69 Å². The van der Waals surface area contributed by atoms with Crippen molar-refractivity contribution in [2.75, 3.05) is 5.32 Å². The van der Waals surface area contributed by atoms with Gasteiger partial charge in [0.15, 0.2) is 6.29 Å². The van der Waals surface area contributed by atoms with Gasteiger partial charge in [-0.1, -0.05) is 12.1 Å². The highest BCUT2D eigenvalue weighted by Gasteiger charge is 2.27. The number of aryl methyl sites for hydroxylation is 2. The van der Waals surface area contributed by atoms with Crippen LogP contribution in [0.1, 0.15) is 54.1 Å². The second-order valence-electron chi connectivity index (χ2n) is 7.63. The molecule has 2 heterocycles. The molecule has 7 nitrogen and oxygen atoms in total. The summed E-state index contributed by atoms with van der Waals surface area (Å²) in [7, 11) is 0. The van der Waals surface area contributed by atoms with Gasteiger partial charge in [-0.05, 0) is 63.8 Å². The molecule has 1 aromatic heterocycles. The summed E-state index contributed by atoms with van der Waals surface area (Å²) in [5.41, 5.74) is 5.99. The lowest BCUT2D eigenvalue weighted by molar-refractivity contribution is -0.125. The number of amides is 2. The average Bonchev–Trinajstić information content (AvgIpc) is 2.90. The highest BCUT2D eigenvalue weighted by atomic mass is 16.2. The second-order valence-corrected chi connectivity index (χ2v) is 7.63. The zero-order valence-corrected chi connectivity index (χ0v) is 17.2. The molecule has 2 aromatic rings. The summed E-state index contributed by atoms with van der Waals surface area (Å²) in [6, 6.07) is 6.00. The third-order valence-corrected chi connectivity index (χ3v) is 5.43. The second kappa shape index (κ2) is 8.14. The molecule has 1 saturated heterocycles. The Balaban J connectivity index is 1.68. The molecule has 2 unspecified atom stereocenters. The van der Waals surface area contributed by atoms with Crippen molar-refractivity contribution in [3.05, 3.63) is 46.3 Å². The normalized spacial score (nSPS) is 19.4. The van der Waals surface area contributed by atoms with Crippen molar-refractivity contribution >= 4 is 17.5 Å². The first-order chi connectivity index (χ1) is 13.3. The van der Waals surface area contributed by atoms with Crippen molar-refractivity contribution in [2.45, 2.75) is 66.2 Å². The van der Waals surface area contributed by atoms with E-state index >= 15 is 0 Å². The highest BCUT2D eigenvalue weighted by molar-refractivity contribution is 5.91. The number of hydrogen-bond donors (Lipinski definition) is 3. The zero-order chi connectivity index (χ0) is 20.4. The van der Waals surface area contributed by atoms with E-state index in [1.54, 1.807) is 4.68 Å². The maximum atomic E-state index is 12.5. The molecule has 3 N–H and O–H groups in total. The van der Waals surface area contributed by atoms with Gasteiger partial charge in [-0.25, -0.2) is 4.68 Å². The Morgan fingerprint density at radius 1 is 1.29 bits per heavy atom. The zero-order valence-electron chi connectivity index (χ0n) is 17.2. The van der Waals surface area contributed by atoms with Gasteiger partial charge in [0, 0.05) is 30.3 Å². The number of rotatable bonds is 5. The molecule has 3 rings (SSSR count). The number of nitrogens with zero attached hydrogens (tertiary/aromatic N) is 2. The van der Waals surface area contributed by atoms with E-state index in [2.05, 4.69) is 21.0 Å². The number of benzene rings is 1. The van der Waals surface area contributed by atoms with Crippen LogP contribution in [0.3, 0.4) is 0 Å². The summed E-state index contributed by atoms with van der Waals surface area (Å²) in [5.74, 6) is -0.00350. The van der Waals surface area contributed by atoms with E-state index in [9.17, 15) is 9.59 Å². The number of carbonyl (C=O) groups is 2. The van der Waals surface area contributed by atoms with Crippen LogP contribution in [0.15, 0.2) is 18.2 Å². The minimum Gasteiger partial charge on any atom is -0.326 e. The topological polar surface area (TPSA) is 88.1 Å². The molecule has 7 heteroatoms. The lowest BCUT2D eigenvalue weighted by Gasteiger charge is -2.30. The molecule has 0 bridgehead atoms. The first kappa shape index (κ1) is 20.1. The quantitative estimate of drug-likeness (QED) is 0.741. The lowest BCUT2D eigenvalue weighted by Crippen LogP contribution is -2.52. The number of anilines is 1. The van der Waals surface area contributed by atoms with Crippen molar-refractivity contribution in [1.29, 1.82) is 0 Å². The van der Waals surface area contributed by atoms with Gasteiger partial charge < -0.3 is 10.6 Å². The Kier molecular flexibility index (Phi) is 5.84. The molecule has 1 fully saturated rings. The average molecular weight is 383 g/mol. The van der Waals surface area contributed by atoms with Crippen LogP contribution in [0.25, 0.3) is 0 Å². The van der Waals surface area contributed by atoms with Crippen LogP contribution < -0.4 is 16.0 Å². The van der Waals surface area contributed by atoms with Crippen LogP contribution in [-0.2, 0) is 16.0 Å². The Bertz CT molecular complexity index is 902. The summed E-state index contributed by atoms with van der Waals surface area (Å²) in [5, 5.41) is 13.9. The molecular formula is C21H29N5O2. The molecule has 1 aliphatic heterocycles. The molecule has 0 spiro atoms. The van der Waals surface area contributed by atoms with Gasteiger partial charge in [0.2, 0.25) is 11.8 Å². The maximum absolute atomic E-state index is 12.5. The Labute approximate surface area is 165 Å². The summed E-state index contributed by atoms with van der Waals surface area (Å²) < 4.78 is 1.81. The molecule has 150 valence electrons. The van der Waals surface area contributed by atoms with Crippen molar-refractivity contribution < 1.29 is 9.59 Å². The van der Waals surface area contributed by atoms with Crippen LogP contribution in [0.5, 0.6) is 0 Å². The molecule has 1 aliphatic rings. The monoisotopic (exact) mass is 383 g/mol. The van der Waals surface area contributed by atoms with Gasteiger partial charge in [0.05, 0.1) is 5.69 Å². The van der Waals surface area contributed by atoms with Gasteiger partial charge >= 0.3 is 0 Å². The van der Waals surface area contributed by atoms with Gasteiger partial charge in [-0.2, -0.15) is 5.10 Å². The molecule has 2 atom stereocenters. The van der Waals surface area contributed by atoms with Crippen LogP contribution in [0.2, 0.25) is 0 Å². The van der Waals surface area contributed by atoms with Gasteiger partial charge in [0.25, 0.3) is 0 Å². The fourth-order valence-electron chi connectivity index (χ4n) is 3.64. The molecular weight excluding hydrogens is 354 g/mol. The van der Waals surface area contributed by atoms with E-state index in [1.165, 1.54) is 0 Å². The molecule has 1 aromatic carbocycles. The van der Waals surface area contributed by atoms with Crippen molar-refractivity contribution in [2.24, 2.45) is 0 Å². The summed E-state index contributed by atoms with van der Waals surface area (Å²) in [4.78, 5) is 24.3. The van der Waals surface area contributed by atoms with Crippen LogP contribution >= 0.6 is 0 Å². The van der Waals surface area contributed by atoms with E-state index in [0.29, 0.717) is 19.3 Å². The van der Waals surface area contributed by atoms with Gasteiger partial charge in [-0.15, -0.1) is 0 Å². The smallest absolute Gasteiger partial charge is 0.224 e. The van der Waals surface area contributed by atoms with E-state index in [-0.39, 0.29) is 24.1 Å². The van der Waals surface area contributed by atoms with Crippen LogP contribution in [-0.4, -0.2) is 27.6 Å². The van der Waals surface area contributed by atoms with E-state index in [1.807, 2.05) is 52.8 Å². The SMILES string of the molecule is Cc1cccc(NC(=O)CCc2c(C)nn(C3NC(=O)CC(C)N3)c2C)c1C. The predicted octanol–water partition coefficient (Wildman–Crippen LogP) is 2.64.